The van der Waals surface area contributed by atoms with Crippen LogP contribution in [0, 0.1) is 5.92 Å². The van der Waals surface area contributed by atoms with Crippen LogP contribution in [0.4, 0.5) is 0 Å². The van der Waals surface area contributed by atoms with Crippen molar-refractivity contribution in [2.24, 2.45) is 5.92 Å². The van der Waals surface area contributed by atoms with Gasteiger partial charge in [-0.05, 0) is 30.0 Å². The fourth-order valence-corrected chi connectivity index (χ4v) is 3.00. The van der Waals surface area contributed by atoms with Gasteiger partial charge in [-0.15, -0.1) is 0 Å². The van der Waals surface area contributed by atoms with Crippen molar-refractivity contribution in [3.63, 3.8) is 0 Å². The Morgan fingerprint density at radius 3 is 2.20 bits per heavy atom. The van der Waals surface area contributed by atoms with Crippen molar-refractivity contribution in [1.82, 2.24) is 0 Å². The molecule has 0 bridgehead atoms. The minimum atomic E-state index is -3.17. The molecule has 1 aromatic carbocycles. The third kappa shape index (κ3) is 5.25. The summed E-state index contributed by atoms with van der Waals surface area (Å²) in [5, 5.41) is 10.3. The summed E-state index contributed by atoms with van der Waals surface area (Å²) < 4.78 is 22.8. The Hall–Kier alpha value is -0.870. The first-order valence-electron chi connectivity index (χ1n) is 7.36. The highest BCUT2D eigenvalue weighted by molar-refractivity contribution is 7.90. The van der Waals surface area contributed by atoms with Gasteiger partial charge in [0.05, 0.1) is 11.0 Å². The van der Waals surface area contributed by atoms with Gasteiger partial charge in [0.25, 0.3) is 0 Å². The Morgan fingerprint density at radius 1 is 1.15 bits per heavy atom. The maximum atomic E-state index is 11.4. The Labute approximate surface area is 123 Å². The zero-order valence-electron chi connectivity index (χ0n) is 12.7. The van der Waals surface area contributed by atoms with Gasteiger partial charge in [0.2, 0.25) is 0 Å². The molecule has 114 valence electrons. The molecule has 0 spiro atoms. The number of unbranched alkanes of at least 4 members (excludes halogenated alkanes) is 1. The zero-order chi connectivity index (χ0) is 15.2. The number of hydrogen-bond acceptors (Lipinski definition) is 3. The van der Waals surface area contributed by atoms with Crippen LogP contribution < -0.4 is 0 Å². The summed E-state index contributed by atoms with van der Waals surface area (Å²) in [6.07, 6.45) is 6.01. The first kappa shape index (κ1) is 17.2. The van der Waals surface area contributed by atoms with Crippen LogP contribution >= 0.6 is 0 Å². The molecule has 0 aliphatic rings. The number of aliphatic hydroxyl groups excluding tert-OH is 1. The summed E-state index contributed by atoms with van der Waals surface area (Å²) in [6.45, 7) is 4.33. The highest BCUT2D eigenvalue weighted by atomic mass is 32.2. The molecule has 1 aromatic rings. The van der Waals surface area contributed by atoms with E-state index in [1.54, 1.807) is 24.3 Å². The van der Waals surface area contributed by atoms with Gasteiger partial charge in [0.15, 0.2) is 9.84 Å². The summed E-state index contributed by atoms with van der Waals surface area (Å²) >= 11 is 0. The van der Waals surface area contributed by atoms with Crippen LogP contribution in [0.3, 0.4) is 0 Å². The van der Waals surface area contributed by atoms with E-state index in [2.05, 4.69) is 13.8 Å². The molecule has 0 heterocycles. The second-order valence-electron chi connectivity index (χ2n) is 5.51. The molecule has 4 heteroatoms. The van der Waals surface area contributed by atoms with E-state index in [1.807, 2.05) is 0 Å². The van der Waals surface area contributed by atoms with Crippen LogP contribution in [0.2, 0.25) is 0 Å². The zero-order valence-corrected chi connectivity index (χ0v) is 13.5. The van der Waals surface area contributed by atoms with Gasteiger partial charge in [-0.1, -0.05) is 51.7 Å². The summed E-state index contributed by atoms with van der Waals surface area (Å²) in [7, 11) is -3.17. The van der Waals surface area contributed by atoms with E-state index < -0.39 is 15.9 Å². The van der Waals surface area contributed by atoms with Crippen molar-refractivity contribution in [2.75, 3.05) is 6.26 Å². The van der Waals surface area contributed by atoms with Gasteiger partial charge < -0.3 is 5.11 Å². The molecular weight excluding hydrogens is 272 g/mol. The van der Waals surface area contributed by atoms with Crippen molar-refractivity contribution in [3.8, 4) is 0 Å². The third-order valence-electron chi connectivity index (χ3n) is 3.79. The van der Waals surface area contributed by atoms with Gasteiger partial charge in [0.1, 0.15) is 0 Å². The third-order valence-corrected chi connectivity index (χ3v) is 4.92. The molecule has 1 rings (SSSR count). The van der Waals surface area contributed by atoms with Crippen molar-refractivity contribution < 1.29 is 13.5 Å². The minimum absolute atomic E-state index is 0.298. The van der Waals surface area contributed by atoms with Gasteiger partial charge in [-0.25, -0.2) is 8.42 Å². The Bertz CT molecular complexity index is 491. The number of benzene rings is 1. The monoisotopic (exact) mass is 298 g/mol. The predicted molar refractivity (Wildman–Crippen MR) is 82.4 cm³/mol. The van der Waals surface area contributed by atoms with Crippen molar-refractivity contribution in [2.45, 2.75) is 57.0 Å². The van der Waals surface area contributed by atoms with Crippen LogP contribution in [0.5, 0.6) is 0 Å². The van der Waals surface area contributed by atoms with Crippen LogP contribution in [0.25, 0.3) is 0 Å². The number of rotatable bonds is 8. The summed E-state index contributed by atoms with van der Waals surface area (Å²) in [4.78, 5) is 0.298. The average Bonchev–Trinajstić information content (AvgIpc) is 2.42. The van der Waals surface area contributed by atoms with Crippen LogP contribution in [0.1, 0.15) is 57.6 Å². The molecule has 0 saturated carbocycles. The van der Waals surface area contributed by atoms with Gasteiger partial charge >= 0.3 is 0 Å². The van der Waals surface area contributed by atoms with Crippen molar-refractivity contribution in [3.05, 3.63) is 29.8 Å². The first-order chi connectivity index (χ1) is 9.38. The number of aliphatic hydroxyl groups is 1. The highest BCUT2D eigenvalue weighted by Gasteiger charge is 2.15. The van der Waals surface area contributed by atoms with Crippen LogP contribution in [0.15, 0.2) is 29.2 Å². The van der Waals surface area contributed by atoms with E-state index in [0.29, 0.717) is 10.8 Å². The van der Waals surface area contributed by atoms with E-state index in [-0.39, 0.29) is 0 Å². The molecule has 1 N–H and O–H groups in total. The van der Waals surface area contributed by atoms with Crippen LogP contribution in [-0.2, 0) is 9.84 Å². The lowest BCUT2D eigenvalue weighted by atomic mass is 9.91. The van der Waals surface area contributed by atoms with Gasteiger partial charge in [0, 0.05) is 6.26 Å². The molecule has 0 aliphatic carbocycles. The summed E-state index contributed by atoms with van der Waals surface area (Å²) in [5.74, 6) is 0.527. The molecule has 0 radical (unpaired) electrons. The molecule has 2 unspecified atom stereocenters. The van der Waals surface area contributed by atoms with E-state index >= 15 is 0 Å². The van der Waals surface area contributed by atoms with Gasteiger partial charge in [-0.3, -0.25) is 0 Å². The second kappa shape index (κ2) is 7.79. The molecule has 0 fully saturated rings. The summed E-state index contributed by atoms with van der Waals surface area (Å²) in [6, 6.07) is 6.57. The van der Waals surface area contributed by atoms with Crippen molar-refractivity contribution >= 4 is 9.84 Å². The fourth-order valence-electron chi connectivity index (χ4n) is 2.37. The molecule has 0 amide bonds. The lowest BCUT2D eigenvalue weighted by Crippen LogP contribution is -2.07. The van der Waals surface area contributed by atoms with E-state index in [0.717, 1.165) is 24.8 Å². The molecular formula is C16H26O3S. The molecule has 0 aromatic heterocycles. The maximum absolute atomic E-state index is 11.4. The highest BCUT2D eigenvalue weighted by Crippen LogP contribution is 2.27. The quantitative estimate of drug-likeness (QED) is 0.795. The normalized spacial score (nSPS) is 15.0. The molecule has 20 heavy (non-hydrogen) atoms. The standard InChI is InChI=1S/C16H26O3S/c1-4-6-7-13(5-2)12-16(17)14-8-10-15(11-9-14)20(3,18)19/h8-11,13,16-17H,4-7,12H2,1-3H3. The fraction of sp³-hybridized carbons (Fsp3) is 0.625. The number of hydrogen-bond donors (Lipinski definition) is 1. The van der Waals surface area contributed by atoms with E-state index in [9.17, 15) is 13.5 Å². The Morgan fingerprint density at radius 2 is 1.75 bits per heavy atom. The number of sulfone groups is 1. The molecule has 0 aliphatic heterocycles. The molecule has 0 saturated heterocycles. The molecule has 2 atom stereocenters. The lowest BCUT2D eigenvalue weighted by Gasteiger charge is -2.19. The van der Waals surface area contributed by atoms with Gasteiger partial charge in [-0.2, -0.15) is 0 Å². The van der Waals surface area contributed by atoms with Crippen LogP contribution in [-0.4, -0.2) is 19.8 Å². The molecule has 3 nitrogen and oxygen atoms in total. The second-order valence-corrected chi connectivity index (χ2v) is 7.52. The minimum Gasteiger partial charge on any atom is -0.388 e. The lowest BCUT2D eigenvalue weighted by molar-refractivity contribution is 0.139. The van der Waals surface area contributed by atoms with Crippen molar-refractivity contribution in [1.29, 1.82) is 0 Å². The largest absolute Gasteiger partial charge is 0.388 e. The topological polar surface area (TPSA) is 54.4 Å². The van der Waals surface area contributed by atoms with E-state index in [1.165, 1.54) is 19.1 Å². The predicted octanol–water partition coefficient (Wildman–Crippen LogP) is 3.73. The maximum Gasteiger partial charge on any atom is 0.175 e. The summed E-state index contributed by atoms with van der Waals surface area (Å²) in [5.41, 5.74) is 0.798. The Kier molecular flexibility index (Phi) is 6.69. The first-order valence-corrected chi connectivity index (χ1v) is 9.25. The smallest absolute Gasteiger partial charge is 0.175 e. The SMILES string of the molecule is CCCCC(CC)CC(O)c1ccc(S(C)(=O)=O)cc1. The van der Waals surface area contributed by atoms with E-state index in [4.69, 9.17) is 0 Å². The average molecular weight is 298 g/mol. The Balaban J connectivity index is 2.69.